The monoisotopic (exact) mass is 158 g/mol. The summed E-state index contributed by atoms with van der Waals surface area (Å²) in [5.41, 5.74) is 5.94. The maximum Gasteiger partial charge on any atom is -0.0129 e. The van der Waals surface area contributed by atoms with E-state index in [0.717, 1.165) is 12.8 Å². The molecule has 0 nitrogen and oxygen atoms in total. The topological polar surface area (TPSA) is 0 Å². The first-order valence-electron chi connectivity index (χ1n) is 4.52. The van der Waals surface area contributed by atoms with Crippen molar-refractivity contribution in [2.45, 2.75) is 26.7 Å². The van der Waals surface area contributed by atoms with Crippen LogP contribution in [0.15, 0.2) is 46.6 Å². The van der Waals surface area contributed by atoms with E-state index in [1.54, 1.807) is 0 Å². The lowest BCUT2D eigenvalue weighted by Gasteiger charge is -2.03. The molecule has 0 aromatic rings. The molecule has 0 radical (unpaired) electrons. The van der Waals surface area contributed by atoms with Crippen molar-refractivity contribution >= 4 is 0 Å². The number of allylic oxidation sites excluding steroid dienone is 8. The summed E-state index contributed by atoms with van der Waals surface area (Å²) in [6, 6.07) is 0. The molecule has 0 saturated heterocycles. The van der Waals surface area contributed by atoms with Crippen LogP contribution in [0.3, 0.4) is 0 Å². The minimum Gasteiger partial charge on any atom is -0.0798 e. The smallest absolute Gasteiger partial charge is 0.0129 e. The largest absolute Gasteiger partial charge is 0.0798 e. The molecule has 0 heterocycles. The van der Waals surface area contributed by atoms with Crippen molar-refractivity contribution in [1.82, 2.24) is 0 Å². The Morgan fingerprint density at radius 3 is 1.50 bits per heavy atom. The SMILES string of the molecule is CC1=C(C2=C(C)CC=C2)C=CC1. The van der Waals surface area contributed by atoms with Gasteiger partial charge in [-0.05, 0) is 37.8 Å². The van der Waals surface area contributed by atoms with Crippen molar-refractivity contribution in [2.75, 3.05) is 0 Å². The molecule has 0 unspecified atom stereocenters. The van der Waals surface area contributed by atoms with Crippen molar-refractivity contribution in [2.24, 2.45) is 0 Å². The lowest BCUT2D eigenvalue weighted by atomic mass is 10.0. The molecule has 0 spiro atoms. The molecule has 0 atom stereocenters. The van der Waals surface area contributed by atoms with Gasteiger partial charge in [-0.2, -0.15) is 0 Å². The van der Waals surface area contributed by atoms with Gasteiger partial charge < -0.3 is 0 Å². The van der Waals surface area contributed by atoms with Gasteiger partial charge in [0.15, 0.2) is 0 Å². The molecule has 0 heteroatoms. The van der Waals surface area contributed by atoms with Crippen LogP contribution < -0.4 is 0 Å². The van der Waals surface area contributed by atoms with Crippen molar-refractivity contribution in [3.8, 4) is 0 Å². The molecule has 0 saturated carbocycles. The van der Waals surface area contributed by atoms with E-state index in [2.05, 4.69) is 38.2 Å². The molecule has 62 valence electrons. The van der Waals surface area contributed by atoms with Crippen LogP contribution in [-0.4, -0.2) is 0 Å². The third-order valence-electron chi connectivity index (χ3n) is 2.63. The average Bonchev–Trinajstić information content (AvgIpc) is 2.59. The molecule has 2 aliphatic carbocycles. The molecule has 0 aromatic carbocycles. The lowest BCUT2D eigenvalue weighted by molar-refractivity contribution is 1.20. The van der Waals surface area contributed by atoms with Crippen LogP contribution in [0.2, 0.25) is 0 Å². The third-order valence-corrected chi connectivity index (χ3v) is 2.63. The zero-order valence-corrected chi connectivity index (χ0v) is 7.72. The molecule has 2 aliphatic rings. The van der Waals surface area contributed by atoms with Gasteiger partial charge in [-0.15, -0.1) is 0 Å². The van der Waals surface area contributed by atoms with E-state index in [4.69, 9.17) is 0 Å². The van der Waals surface area contributed by atoms with Crippen LogP contribution >= 0.6 is 0 Å². The second-order valence-corrected chi connectivity index (χ2v) is 3.60. The van der Waals surface area contributed by atoms with Gasteiger partial charge in [0, 0.05) is 0 Å². The van der Waals surface area contributed by atoms with Crippen molar-refractivity contribution in [1.29, 1.82) is 0 Å². The normalized spacial score (nSPS) is 21.8. The summed E-state index contributed by atoms with van der Waals surface area (Å²) in [6.45, 7) is 4.45. The van der Waals surface area contributed by atoms with Gasteiger partial charge in [0.1, 0.15) is 0 Å². The number of hydrogen-bond acceptors (Lipinski definition) is 0. The fourth-order valence-electron chi connectivity index (χ4n) is 1.85. The standard InChI is InChI=1S/C12H14/c1-9-5-3-7-11(9)12-8-4-6-10(12)2/h3-4,7-8H,5-6H2,1-2H3. The zero-order chi connectivity index (χ0) is 8.55. The van der Waals surface area contributed by atoms with Gasteiger partial charge in [0.25, 0.3) is 0 Å². The first kappa shape index (κ1) is 7.60. The first-order valence-corrected chi connectivity index (χ1v) is 4.52. The van der Waals surface area contributed by atoms with Gasteiger partial charge in [-0.3, -0.25) is 0 Å². The second kappa shape index (κ2) is 2.78. The Morgan fingerprint density at radius 1 is 0.833 bits per heavy atom. The van der Waals surface area contributed by atoms with Crippen LogP contribution in [0.4, 0.5) is 0 Å². The summed E-state index contributed by atoms with van der Waals surface area (Å²) in [7, 11) is 0. The zero-order valence-electron chi connectivity index (χ0n) is 7.72. The lowest BCUT2D eigenvalue weighted by Crippen LogP contribution is -1.85. The van der Waals surface area contributed by atoms with E-state index in [0.29, 0.717) is 0 Å². The minimum absolute atomic E-state index is 1.14. The highest BCUT2D eigenvalue weighted by Crippen LogP contribution is 2.31. The molecule has 0 fully saturated rings. The molecule has 0 N–H and O–H groups in total. The maximum atomic E-state index is 2.25. The summed E-state index contributed by atoms with van der Waals surface area (Å²) in [6.07, 6.45) is 11.3. The minimum atomic E-state index is 1.14. The summed E-state index contributed by atoms with van der Waals surface area (Å²) in [5, 5.41) is 0. The predicted octanol–water partition coefficient (Wildman–Crippen LogP) is 3.54. The summed E-state index contributed by atoms with van der Waals surface area (Å²) in [5.74, 6) is 0. The Kier molecular flexibility index (Phi) is 1.76. The Balaban J connectivity index is 2.42. The molecular formula is C12H14. The quantitative estimate of drug-likeness (QED) is 0.547. The summed E-state index contributed by atoms with van der Waals surface area (Å²) < 4.78 is 0. The van der Waals surface area contributed by atoms with Crippen LogP contribution in [0.5, 0.6) is 0 Å². The van der Waals surface area contributed by atoms with Gasteiger partial charge in [0.05, 0.1) is 0 Å². The molecule has 12 heavy (non-hydrogen) atoms. The molecule has 0 bridgehead atoms. The van der Waals surface area contributed by atoms with Crippen LogP contribution in [0, 0.1) is 0 Å². The van der Waals surface area contributed by atoms with Gasteiger partial charge in [0.2, 0.25) is 0 Å². The first-order chi connectivity index (χ1) is 5.79. The van der Waals surface area contributed by atoms with E-state index in [9.17, 15) is 0 Å². The van der Waals surface area contributed by atoms with E-state index in [-0.39, 0.29) is 0 Å². The Labute approximate surface area is 74.0 Å². The maximum absolute atomic E-state index is 2.25. The number of hydrogen-bond donors (Lipinski definition) is 0. The second-order valence-electron chi connectivity index (χ2n) is 3.60. The van der Waals surface area contributed by atoms with Crippen molar-refractivity contribution < 1.29 is 0 Å². The third kappa shape index (κ3) is 1.08. The highest BCUT2D eigenvalue weighted by Gasteiger charge is 2.12. The van der Waals surface area contributed by atoms with Gasteiger partial charge in [-0.1, -0.05) is 35.5 Å². The van der Waals surface area contributed by atoms with E-state index >= 15 is 0 Å². The van der Waals surface area contributed by atoms with Crippen LogP contribution in [-0.2, 0) is 0 Å². The Bertz CT molecular complexity index is 288. The van der Waals surface area contributed by atoms with Crippen LogP contribution in [0.25, 0.3) is 0 Å². The van der Waals surface area contributed by atoms with E-state index < -0.39 is 0 Å². The number of rotatable bonds is 1. The summed E-state index contributed by atoms with van der Waals surface area (Å²) >= 11 is 0. The van der Waals surface area contributed by atoms with E-state index in [1.807, 2.05) is 0 Å². The van der Waals surface area contributed by atoms with Crippen molar-refractivity contribution in [3.05, 3.63) is 46.6 Å². The molecule has 0 amide bonds. The molecule has 2 rings (SSSR count). The predicted molar refractivity (Wildman–Crippen MR) is 52.9 cm³/mol. The fraction of sp³-hybridized carbons (Fsp3) is 0.333. The highest BCUT2D eigenvalue weighted by atomic mass is 14.2. The molecular weight excluding hydrogens is 144 g/mol. The molecule has 0 aliphatic heterocycles. The Hall–Kier alpha value is -1.04. The van der Waals surface area contributed by atoms with Gasteiger partial charge >= 0.3 is 0 Å². The average molecular weight is 158 g/mol. The fourth-order valence-corrected chi connectivity index (χ4v) is 1.85. The van der Waals surface area contributed by atoms with Crippen LogP contribution in [0.1, 0.15) is 26.7 Å². The highest BCUT2D eigenvalue weighted by molar-refractivity contribution is 5.56. The van der Waals surface area contributed by atoms with Gasteiger partial charge in [-0.25, -0.2) is 0 Å². The Morgan fingerprint density at radius 2 is 1.25 bits per heavy atom. The summed E-state index contributed by atoms with van der Waals surface area (Å²) in [4.78, 5) is 0. The van der Waals surface area contributed by atoms with Crippen molar-refractivity contribution in [3.63, 3.8) is 0 Å². The molecule has 0 aromatic heterocycles. The van der Waals surface area contributed by atoms with E-state index in [1.165, 1.54) is 22.3 Å².